The van der Waals surface area contributed by atoms with Crippen LogP contribution in [0.2, 0.25) is 0 Å². The van der Waals surface area contributed by atoms with Crippen molar-refractivity contribution in [3.05, 3.63) is 97.1 Å². The molecule has 0 heterocycles. The van der Waals surface area contributed by atoms with Crippen LogP contribution in [0.1, 0.15) is 76.3 Å². The van der Waals surface area contributed by atoms with Crippen molar-refractivity contribution in [2.24, 2.45) is 0 Å². The molecular weight excluding hydrogens is 376 g/mol. The summed E-state index contributed by atoms with van der Waals surface area (Å²) in [5.41, 5.74) is 1.80. The molecule has 168 valence electrons. The first-order valence-corrected chi connectivity index (χ1v) is 12.2. The zero-order valence-corrected chi connectivity index (χ0v) is 19.8. The summed E-state index contributed by atoms with van der Waals surface area (Å²) >= 11 is 0. The highest BCUT2D eigenvalue weighted by molar-refractivity contribution is 5.23. The molecular formula is C30H42O. The van der Waals surface area contributed by atoms with Crippen LogP contribution in [0.25, 0.3) is 0 Å². The molecule has 0 radical (unpaired) electrons. The normalized spacial score (nSPS) is 15.0. The van der Waals surface area contributed by atoms with Gasteiger partial charge in [0.25, 0.3) is 0 Å². The van der Waals surface area contributed by atoms with Gasteiger partial charge in [0.05, 0.1) is 11.2 Å². The van der Waals surface area contributed by atoms with Gasteiger partial charge in [0.2, 0.25) is 0 Å². The maximum Gasteiger partial charge on any atom is 0.0912 e. The Morgan fingerprint density at radius 3 is 1.35 bits per heavy atom. The van der Waals surface area contributed by atoms with Crippen molar-refractivity contribution < 1.29 is 4.74 Å². The minimum Gasteiger partial charge on any atom is -0.360 e. The minimum absolute atomic E-state index is 0.397. The van der Waals surface area contributed by atoms with Gasteiger partial charge in [0, 0.05) is 12.8 Å². The van der Waals surface area contributed by atoms with E-state index in [1.165, 1.54) is 36.8 Å². The molecule has 0 bridgehead atoms. The minimum atomic E-state index is -0.397. The molecule has 2 aromatic rings. The molecule has 0 saturated carbocycles. The van der Waals surface area contributed by atoms with Gasteiger partial charge in [-0.1, -0.05) is 125 Å². The van der Waals surface area contributed by atoms with E-state index in [9.17, 15) is 0 Å². The second kappa shape index (κ2) is 13.3. The Labute approximate surface area is 191 Å². The largest absolute Gasteiger partial charge is 0.360 e. The monoisotopic (exact) mass is 418 g/mol. The van der Waals surface area contributed by atoms with Crippen LogP contribution >= 0.6 is 0 Å². The molecule has 2 unspecified atom stereocenters. The van der Waals surface area contributed by atoms with E-state index in [0.717, 1.165) is 38.5 Å². The van der Waals surface area contributed by atoms with Gasteiger partial charge in [-0.25, -0.2) is 0 Å². The van der Waals surface area contributed by atoms with Gasteiger partial charge in [0.15, 0.2) is 0 Å². The van der Waals surface area contributed by atoms with Crippen LogP contribution in [0.3, 0.4) is 0 Å². The molecule has 1 nitrogen and oxygen atoms in total. The Morgan fingerprint density at radius 2 is 1.03 bits per heavy atom. The van der Waals surface area contributed by atoms with E-state index in [-0.39, 0.29) is 0 Å². The fourth-order valence-electron chi connectivity index (χ4n) is 4.42. The average Bonchev–Trinajstić information content (AvgIpc) is 2.80. The summed E-state index contributed by atoms with van der Waals surface area (Å²) in [4.78, 5) is 0. The smallest absolute Gasteiger partial charge is 0.0912 e. The number of ether oxygens (including phenoxy) is 1. The highest BCUT2D eigenvalue weighted by Crippen LogP contribution is 2.36. The molecule has 2 atom stereocenters. The standard InChI is InChI=1S/C30H42O/c1-5-9-17-23-29(7-3,25-27-19-13-11-14-20-27)31-30(8-4,24-18-10-6-2)26-28-21-15-12-16-22-28/h7-8,11-16,19-22H,3-6,9-10,17-18,23-26H2,1-2H3. The van der Waals surface area contributed by atoms with E-state index in [1.54, 1.807) is 0 Å². The fourth-order valence-corrected chi connectivity index (χ4v) is 4.42. The van der Waals surface area contributed by atoms with Crippen molar-refractivity contribution in [1.29, 1.82) is 0 Å². The van der Waals surface area contributed by atoms with Crippen LogP contribution < -0.4 is 0 Å². The third-order valence-corrected chi connectivity index (χ3v) is 6.25. The maximum absolute atomic E-state index is 7.19. The summed E-state index contributed by atoms with van der Waals surface area (Å²) in [6, 6.07) is 21.4. The molecule has 31 heavy (non-hydrogen) atoms. The van der Waals surface area contributed by atoms with Crippen molar-refractivity contribution in [3.63, 3.8) is 0 Å². The van der Waals surface area contributed by atoms with Crippen molar-refractivity contribution in [2.45, 2.75) is 89.3 Å². The highest BCUT2D eigenvalue weighted by Gasteiger charge is 2.38. The van der Waals surface area contributed by atoms with Crippen molar-refractivity contribution in [1.82, 2.24) is 0 Å². The summed E-state index contributed by atoms with van der Waals surface area (Å²) in [5.74, 6) is 0. The Kier molecular flexibility index (Phi) is 10.8. The highest BCUT2D eigenvalue weighted by atomic mass is 16.5. The predicted octanol–water partition coefficient (Wildman–Crippen LogP) is 8.50. The van der Waals surface area contributed by atoms with E-state index in [1.807, 2.05) is 0 Å². The average molecular weight is 419 g/mol. The fraction of sp³-hybridized carbons (Fsp3) is 0.467. The van der Waals surface area contributed by atoms with Gasteiger partial charge < -0.3 is 4.74 Å². The lowest BCUT2D eigenvalue weighted by Crippen LogP contribution is -2.45. The lowest BCUT2D eigenvalue weighted by atomic mass is 9.84. The van der Waals surface area contributed by atoms with Gasteiger partial charge >= 0.3 is 0 Å². The maximum atomic E-state index is 7.19. The van der Waals surface area contributed by atoms with E-state index >= 15 is 0 Å². The van der Waals surface area contributed by atoms with Crippen molar-refractivity contribution >= 4 is 0 Å². The number of unbranched alkanes of at least 4 members (excludes halogenated alkanes) is 4. The van der Waals surface area contributed by atoms with Crippen LogP contribution in [0.4, 0.5) is 0 Å². The molecule has 0 fully saturated rings. The van der Waals surface area contributed by atoms with Crippen molar-refractivity contribution in [2.75, 3.05) is 0 Å². The summed E-state index contributed by atoms with van der Waals surface area (Å²) in [7, 11) is 0. The first-order chi connectivity index (χ1) is 15.1. The lowest BCUT2D eigenvalue weighted by molar-refractivity contribution is -0.116. The Hall–Kier alpha value is -2.12. The van der Waals surface area contributed by atoms with Crippen LogP contribution in [0, 0.1) is 0 Å². The van der Waals surface area contributed by atoms with E-state index in [0.29, 0.717) is 0 Å². The molecule has 0 amide bonds. The summed E-state index contributed by atoms with van der Waals surface area (Å²) in [6.07, 6.45) is 14.9. The quantitative estimate of drug-likeness (QED) is 0.196. The Bertz CT molecular complexity index is 685. The molecule has 2 aromatic carbocycles. The van der Waals surface area contributed by atoms with E-state index < -0.39 is 11.2 Å². The lowest BCUT2D eigenvalue weighted by Gasteiger charge is -2.42. The molecule has 2 rings (SSSR count). The topological polar surface area (TPSA) is 9.23 Å². The second-order valence-corrected chi connectivity index (χ2v) is 8.88. The van der Waals surface area contributed by atoms with Gasteiger partial charge in [-0.05, 0) is 24.0 Å². The summed E-state index contributed by atoms with van der Waals surface area (Å²) in [6.45, 7) is 13.0. The Balaban J connectivity index is 2.37. The van der Waals surface area contributed by atoms with Gasteiger partial charge in [-0.3, -0.25) is 0 Å². The third kappa shape index (κ3) is 8.15. The Morgan fingerprint density at radius 1 is 0.645 bits per heavy atom. The van der Waals surface area contributed by atoms with E-state index in [2.05, 4.69) is 99.8 Å². The third-order valence-electron chi connectivity index (χ3n) is 6.25. The number of benzene rings is 2. The zero-order valence-electron chi connectivity index (χ0n) is 19.8. The van der Waals surface area contributed by atoms with Gasteiger partial charge in [0.1, 0.15) is 0 Å². The molecule has 1 heteroatoms. The first-order valence-electron chi connectivity index (χ1n) is 12.2. The zero-order chi connectivity index (χ0) is 22.4. The molecule has 0 saturated heterocycles. The van der Waals surface area contributed by atoms with Crippen LogP contribution in [-0.2, 0) is 17.6 Å². The number of rotatable bonds is 16. The van der Waals surface area contributed by atoms with Crippen LogP contribution in [0.5, 0.6) is 0 Å². The summed E-state index contributed by atoms with van der Waals surface area (Å²) < 4.78 is 7.19. The molecule has 0 aliphatic carbocycles. The van der Waals surface area contributed by atoms with Crippen LogP contribution in [0.15, 0.2) is 86.0 Å². The summed E-state index contributed by atoms with van der Waals surface area (Å²) in [5, 5.41) is 0. The second-order valence-electron chi connectivity index (χ2n) is 8.88. The van der Waals surface area contributed by atoms with Crippen LogP contribution in [-0.4, -0.2) is 11.2 Å². The molecule has 0 spiro atoms. The van der Waals surface area contributed by atoms with E-state index in [4.69, 9.17) is 4.74 Å². The molecule has 0 aliphatic heterocycles. The van der Waals surface area contributed by atoms with Gasteiger partial charge in [-0.2, -0.15) is 0 Å². The number of hydrogen-bond acceptors (Lipinski definition) is 1. The SMILES string of the molecule is C=CC(CCCCC)(Cc1ccccc1)OC(C=C)(CCCCC)Cc1ccccc1. The van der Waals surface area contributed by atoms with Crippen molar-refractivity contribution in [3.8, 4) is 0 Å². The number of hydrogen-bond donors (Lipinski definition) is 0. The molecule has 0 N–H and O–H groups in total. The van der Waals surface area contributed by atoms with Gasteiger partial charge in [-0.15, -0.1) is 13.2 Å². The first kappa shape index (κ1) is 25.1. The predicted molar refractivity (Wildman–Crippen MR) is 136 cm³/mol. The molecule has 0 aromatic heterocycles. The molecule has 0 aliphatic rings.